The Morgan fingerprint density at radius 1 is 1.07 bits per heavy atom. The Hall–Kier alpha value is -3.45. The van der Waals surface area contributed by atoms with Crippen LogP contribution in [0.25, 0.3) is 0 Å². The number of halogens is 1. The highest BCUT2D eigenvalue weighted by Crippen LogP contribution is 2.21. The summed E-state index contributed by atoms with van der Waals surface area (Å²) in [6.07, 6.45) is 2.30. The fourth-order valence-electron chi connectivity index (χ4n) is 2.56. The smallest absolute Gasteiger partial charge is 0.338 e. The second-order valence-corrected chi connectivity index (χ2v) is 6.42. The van der Waals surface area contributed by atoms with Crippen molar-refractivity contribution in [2.45, 2.75) is 6.92 Å². The first kappa shape index (κ1) is 19.3. The number of carbonyl (C=O) groups is 4. The van der Waals surface area contributed by atoms with Crippen molar-refractivity contribution in [3.05, 3.63) is 70.8 Å². The van der Waals surface area contributed by atoms with Gasteiger partial charge in [0.25, 0.3) is 17.7 Å². The summed E-state index contributed by atoms with van der Waals surface area (Å²) in [7, 11) is 0. The highest BCUT2D eigenvalue weighted by Gasteiger charge is 2.25. The summed E-state index contributed by atoms with van der Waals surface area (Å²) >= 11 is 5.90. The van der Waals surface area contributed by atoms with Crippen molar-refractivity contribution in [2.75, 3.05) is 16.8 Å². The van der Waals surface area contributed by atoms with E-state index in [9.17, 15) is 19.2 Å². The molecule has 0 atom stereocenters. The molecule has 0 spiro atoms. The Morgan fingerprint density at radius 2 is 1.79 bits per heavy atom. The third-order valence-electron chi connectivity index (χ3n) is 3.96. The van der Waals surface area contributed by atoms with Crippen LogP contribution in [0.2, 0.25) is 5.02 Å². The highest BCUT2D eigenvalue weighted by atomic mass is 35.5. The molecule has 2 aromatic rings. The number of ether oxygens (including phenoxy) is 1. The van der Waals surface area contributed by atoms with Crippen molar-refractivity contribution in [2.24, 2.45) is 0 Å². The average molecular weight is 399 g/mol. The molecule has 3 amide bonds. The van der Waals surface area contributed by atoms with Gasteiger partial charge in [0.05, 0.1) is 11.3 Å². The standard InChI is InChI=1S/C20H15ClN2O5/c1-12-5-6-14(21)10-16(12)22-17(24)11-28-20(27)13-3-2-4-15(9-13)23-18(25)7-8-19(23)26/h2-10H,11H2,1H3,(H,22,24). The number of amides is 3. The fraction of sp³-hybridized carbons (Fsp3) is 0.100. The number of carbonyl (C=O) groups excluding carboxylic acids is 4. The number of nitrogens with one attached hydrogen (secondary N) is 1. The van der Waals surface area contributed by atoms with Crippen molar-refractivity contribution in [1.29, 1.82) is 0 Å². The molecule has 2 aromatic carbocycles. The minimum atomic E-state index is -0.758. The van der Waals surface area contributed by atoms with Gasteiger partial charge in [-0.05, 0) is 42.8 Å². The molecule has 28 heavy (non-hydrogen) atoms. The average Bonchev–Trinajstić information content (AvgIpc) is 3.01. The van der Waals surface area contributed by atoms with E-state index in [1.54, 1.807) is 25.1 Å². The van der Waals surface area contributed by atoms with Gasteiger partial charge in [-0.15, -0.1) is 0 Å². The third kappa shape index (κ3) is 4.27. The number of esters is 1. The lowest BCUT2D eigenvalue weighted by atomic mass is 10.2. The molecule has 1 aliphatic rings. The molecule has 0 saturated heterocycles. The maximum Gasteiger partial charge on any atom is 0.338 e. The monoisotopic (exact) mass is 398 g/mol. The Balaban J connectivity index is 1.63. The number of rotatable bonds is 5. The molecule has 0 radical (unpaired) electrons. The predicted molar refractivity (Wildman–Crippen MR) is 103 cm³/mol. The fourth-order valence-corrected chi connectivity index (χ4v) is 2.73. The van der Waals surface area contributed by atoms with Gasteiger partial charge in [-0.3, -0.25) is 14.4 Å². The number of benzene rings is 2. The minimum absolute atomic E-state index is 0.108. The second kappa shape index (κ2) is 8.06. The first-order valence-corrected chi connectivity index (χ1v) is 8.62. The van der Waals surface area contributed by atoms with Crippen LogP contribution >= 0.6 is 11.6 Å². The largest absolute Gasteiger partial charge is 0.452 e. The molecular formula is C20H15ClN2O5. The molecule has 0 aliphatic carbocycles. The van der Waals surface area contributed by atoms with Gasteiger partial charge < -0.3 is 10.1 Å². The van der Waals surface area contributed by atoms with E-state index in [0.29, 0.717) is 10.7 Å². The molecule has 1 heterocycles. The normalized spacial score (nSPS) is 13.0. The molecule has 0 saturated carbocycles. The van der Waals surface area contributed by atoms with E-state index in [-0.39, 0.29) is 11.3 Å². The van der Waals surface area contributed by atoms with Crippen molar-refractivity contribution in [1.82, 2.24) is 0 Å². The van der Waals surface area contributed by atoms with Crippen LogP contribution in [-0.2, 0) is 19.1 Å². The molecule has 0 bridgehead atoms. The number of hydrogen-bond donors (Lipinski definition) is 1. The van der Waals surface area contributed by atoms with Crippen molar-refractivity contribution in [3.63, 3.8) is 0 Å². The minimum Gasteiger partial charge on any atom is -0.452 e. The molecule has 1 N–H and O–H groups in total. The Bertz CT molecular complexity index is 997. The maximum atomic E-state index is 12.2. The molecule has 3 rings (SSSR count). The summed E-state index contributed by atoms with van der Waals surface area (Å²) in [5.74, 6) is -2.27. The second-order valence-electron chi connectivity index (χ2n) is 5.98. The van der Waals surface area contributed by atoms with E-state index >= 15 is 0 Å². The lowest BCUT2D eigenvalue weighted by Crippen LogP contribution is -2.29. The first-order valence-electron chi connectivity index (χ1n) is 8.24. The van der Waals surface area contributed by atoms with Crippen molar-refractivity contribution in [3.8, 4) is 0 Å². The SMILES string of the molecule is Cc1ccc(Cl)cc1NC(=O)COC(=O)c1cccc(N2C(=O)C=CC2=O)c1. The number of nitrogens with zero attached hydrogens (tertiary/aromatic N) is 1. The van der Waals surface area contributed by atoms with Gasteiger partial charge >= 0.3 is 5.97 Å². The van der Waals surface area contributed by atoms with E-state index in [2.05, 4.69) is 5.32 Å². The lowest BCUT2D eigenvalue weighted by molar-refractivity contribution is -0.120. The van der Waals surface area contributed by atoms with E-state index in [0.717, 1.165) is 22.6 Å². The van der Waals surface area contributed by atoms with Crippen LogP contribution in [0.4, 0.5) is 11.4 Å². The summed E-state index contributed by atoms with van der Waals surface area (Å²) in [6.45, 7) is 1.30. The van der Waals surface area contributed by atoms with Gasteiger partial charge in [-0.25, -0.2) is 9.69 Å². The van der Waals surface area contributed by atoms with Gasteiger partial charge in [-0.1, -0.05) is 23.7 Å². The zero-order valence-electron chi connectivity index (χ0n) is 14.8. The van der Waals surface area contributed by atoms with Crippen molar-refractivity contribution >= 4 is 46.7 Å². The summed E-state index contributed by atoms with van der Waals surface area (Å²) in [4.78, 5) is 48.7. The Morgan fingerprint density at radius 3 is 2.50 bits per heavy atom. The zero-order valence-corrected chi connectivity index (χ0v) is 15.5. The van der Waals surface area contributed by atoms with Gasteiger partial charge in [-0.2, -0.15) is 0 Å². The Labute approximate surface area is 165 Å². The van der Waals surface area contributed by atoms with Gasteiger partial charge in [0.15, 0.2) is 6.61 Å². The van der Waals surface area contributed by atoms with E-state index in [4.69, 9.17) is 16.3 Å². The first-order chi connectivity index (χ1) is 13.3. The summed E-state index contributed by atoms with van der Waals surface area (Å²) in [5.41, 5.74) is 1.68. The van der Waals surface area contributed by atoms with E-state index in [1.165, 1.54) is 24.3 Å². The number of imide groups is 1. The summed E-state index contributed by atoms with van der Waals surface area (Å²) in [5, 5.41) is 3.09. The van der Waals surface area contributed by atoms with Crippen LogP contribution in [0.3, 0.4) is 0 Å². The summed E-state index contributed by atoms with van der Waals surface area (Å²) in [6, 6.07) is 10.9. The van der Waals surface area contributed by atoms with E-state index < -0.39 is 30.3 Å². The van der Waals surface area contributed by atoms with Crippen LogP contribution in [0.5, 0.6) is 0 Å². The molecule has 142 valence electrons. The number of anilines is 2. The maximum absolute atomic E-state index is 12.2. The third-order valence-corrected chi connectivity index (χ3v) is 4.19. The highest BCUT2D eigenvalue weighted by molar-refractivity contribution is 6.31. The van der Waals surface area contributed by atoms with Crippen LogP contribution in [0.15, 0.2) is 54.6 Å². The quantitative estimate of drug-likeness (QED) is 0.617. The molecule has 0 aromatic heterocycles. The van der Waals surface area contributed by atoms with Gasteiger partial charge in [0.1, 0.15) is 0 Å². The molecule has 0 unspecified atom stereocenters. The number of aryl methyl sites for hydroxylation is 1. The zero-order chi connectivity index (χ0) is 20.3. The lowest BCUT2D eigenvalue weighted by Gasteiger charge is -2.14. The molecule has 8 heteroatoms. The topological polar surface area (TPSA) is 92.8 Å². The molecular weight excluding hydrogens is 384 g/mol. The van der Waals surface area contributed by atoms with E-state index in [1.807, 2.05) is 0 Å². The van der Waals surface area contributed by atoms with Crippen LogP contribution in [0.1, 0.15) is 15.9 Å². The van der Waals surface area contributed by atoms with Crippen LogP contribution in [0, 0.1) is 6.92 Å². The molecule has 1 aliphatic heterocycles. The van der Waals surface area contributed by atoms with Gasteiger partial charge in [0.2, 0.25) is 0 Å². The van der Waals surface area contributed by atoms with Gasteiger partial charge in [0, 0.05) is 22.9 Å². The number of hydrogen-bond acceptors (Lipinski definition) is 5. The Kier molecular flexibility index (Phi) is 5.56. The molecule has 0 fully saturated rings. The van der Waals surface area contributed by atoms with Crippen molar-refractivity contribution < 1.29 is 23.9 Å². The molecule has 7 nitrogen and oxygen atoms in total. The van der Waals surface area contributed by atoms with Crippen LogP contribution < -0.4 is 10.2 Å². The van der Waals surface area contributed by atoms with Crippen LogP contribution in [-0.4, -0.2) is 30.3 Å². The summed E-state index contributed by atoms with van der Waals surface area (Å²) < 4.78 is 5.02. The predicted octanol–water partition coefficient (Wildman–Crippen LogP) is 2.87.